The van der Waals surface area contributed by atoms with Crippen LogP contribution in [0.2, 0.25) is 0 Å². The van der Waals surface area contributed by atoms with Gasteiger partial charge >= 0.3 is 0 Å². The monoisotopic (exact) mass is 266 g/mol. The normalized spacial score (nSPS) is 11.5. The molecule has 2 nitrogen and oxygen atoms in total. The topological polar surface area (TPSA) is 17.8 Å². The zero-order valence-electron chi connectivity index (χ0n) is 9.29. The second-order valence-electron chi connectivity index (χ2n) is 4.14. The highest BCUT2D eigenvalue weighted by molar-refractivity contribution is 9.08. The van der Waals surface area contributed by atoms with Gasteiger partial charge in [-0.15, -0.1) is 0 Å². The van der Waals surface area contributed by atoms with Crippen LogP contribution in [0.5, 0.6) is 0 Å². The molecule has 2 aromatic rings. The molecule has 0 fully saturated rings. The number of benzene rings is 1. The van der Waals surface area contributed by atoms with E-state index in [1.165, 1.54) is 16.6 Å². The molecule has 0 bridgehead atoms. The molecule has 0 amide bonds. The van der Waals surface area contributed by atoms with Crippen LogP contribution in [0, 0.1) is 6.92 Å². The van der Waals surface area contributed by atoms with Crippen molar-refractivity contribution in [3.8, 4) is 0 Å². The summed E-state index contributed by atoms with van der Waals surface area (Å²) < 4.78 is 2.10. The first kappa shape index (κ1) is 10.7. The number of rotatable bonds is 2. The van der Waals surface area contributed by atoms with Gasteiger partial charge in [0, 0.05) is 16.8 Å². The number of nitrogens with zero attached hydrogens (tertiary/aromatic N) is 2. The SMILES string of the molecule is Cc1ccc2nn(C(C)C)c(CBr)c2c1. The Bertz CT molecular complexity index is 486. The molecule has 0 N–H and O–H groups in total. The Morgan fingerprint density at radius 3 is 2.73 bits per heavy atom. The molecule has 0 spiro atoms. The first-order valence-corrected chi connectivity index (χ1v) is 6.29. The van der Waals surface area contributed by atoms with E-state index in [0.717, 1.165) is 10.8 Å². The van der Waals surface area contributed by atoms with Gasteiger partial charge < -0.3 is 0 Å². The number of aryl methyl sites for hydroxylation is 1. The fourth-order valence-corrected chi connectivity index (χ4v) is 2.39. The number of alkyl halides is 1. The molecule has 0 aliphatic carbocycles. The summed E-state index contributed by atoms with van der Waals surface area (Å²) in [6.07, 6.45) is 0. The lowest BCUT2D eigenvalue weighted by atomic mass is 10.1. The van der Waals surface area contributed by atoms with Crippen molar-refractivity contribution >= 4 is 26.8 Å². The maximum absolute atomic E-state index is 4.61. The summed E-state index contributed by atoms with van der Waals surface area (Å²) in [4.78, 5) is 0. The van der Waals surface area contributed by atoms with E-state index < -0.39 is 0 Å². The Kier molecular flexibility index (Phi) is 2.83. The summed E-state index contributed by atoms with van der Waals surface area (Å²) in [7, 11) is 0. The van der Waals surface area contributed by atoms with E-state index in [1.54, 1.807) is 0 Å². The Labute approximate surface area is 98.4 Å². The Hall–Kier alpha value is -0.830. The second-order valence-corrected chi connectivity index (χ2v) is 4.70. The van der Waals surface area contributed by atoms with Crippen LogP contribution >= 0.6 is 15.9 Å². The second kappa shape index (κ2) is 3.97. The van der Waals surface area contributed by atoms with Gasteiger partial charge in [-0.2, -0.15) is 5.10 Å². The van der Waals surface area contributed by atoms with Crippen LogP contribution < -0.4 is 0 Å². The van der Waals surface area contributed by atoms with E-state index in [9.17, 15) is 0 Å². The largest absolute Gasteiger partial charge is 0.265 e. The number of halogens is 1. The van der Waals surface area contributed by atoms with Gasteiger partial charge in [0.15, 0.2) is 0 Å². The highest BCUT2D eigenvalue weighted by atomic mass is 79.9. The van der Waals surface area contributed by atoms with Crippen molar-refractivity contribution in [1.82, 2.24) is 9.78 Å². The van der Waals surface area contributed by atoms with Gasteiger partial charge in [-0.3, -0.25) is 4.68 Å². The standard InChI is InChI=1S/C12H15BrN2/c1-8(2)15-12(7-13)10-6-9(3)4-5-11(10)14-15/h4-6,8H,7H2,1-3H3. The summed E-state index contributed by atoms with van der Waals surface area (Å²) in [5.41, 5.74) is 3.64. The summed E-state index contributed by atoms with van der Waals surface area (Å²) in [5, 5.41) is 6.73. The smallest absolute Gasteiger partial charge is 0.0926 e. The minimum Gasteiger partial charge on any atom is -0.265 e. The molecule has 0 aliphatic heterocycles. The summed E-state index contributed by atoms with van der Waals surface area (Å²) >= 11 is 3.54. The Balaban J connectivity index is 2.74. The van der Waals surface area contributed by atoms with Crippen molar-refractivity contribution in [1.29, 1.82) is 0 Å². The number of hydrogen-bond donors (Lipinski definition) is 0. The quantitative estimate of drug-likeness (QED) is 0.756. The molecule has 0 saturated heterocycles. The van der Waals surface area contributed by atoms with Gasteiger partial charge in [-0.25, -0.2) is 0 Å². The first-order chi connectivity index (χ1) is 7.13. The molecule has 1 aromatic heterocycles. The molecule has 80 valence electrons. The van der Waals surface area contributed by atoms with E-state index >= 15 is 0 Å². The lowest BCUT2D eigenvalue weighted by Gasteiger charge is -2.08. The Morgan fingerprint density at radius 2 is 2.13 bits per heavy atom. The van der Waals surface area contributed by atoms with Crippen molar-refractivity contribution < 1.29 is 0 Å². The zero-order chi connectivity index (χ0) is 11.0. The van der Waals surface area contributed by atoms with Gasteiger partial charge in [0.2, 0.25) is 0 Å². The average Bonchev–Trinajstić information content (AvgIpc) is 2.55. The van der Waals surface area contributed by atoms with Crippen LogP contribution in [-0.4, -0.2) is 9.78 Å². The molecule has 0 saturated carbocycles. The number of fused-ring (bicyclic) bond motifs is 1. The van der Waals surface area contributed by atoms with Gasteiger partial charge in [0.25, 0.3) is 0 Å². The van der Waals surface area contributed by atoms with Crippen LogP contribution in [0.1, 0.15) is 31.1 Å². The summed E-state index contributed by atoms with van der Waals surface area (Å²) in [5.74, 6) is 0. The van der Waals surface area contributed by atoms with E-state index in [4.69, 9.17) is 0 Å². The van der Waals surface area contributed by atoms with Crippen LogP contribution in [0.4, 0.5) is 0 Å². The lowest BCUT2D eigenvalue weighted by molar-refractivity contribution is 0.523. The van der Waals surface area contributed by atoms with E-state index in [-0.39, 0.29) is 0 Å². The van der Waals surface area contributed by atoms with Crippen LogP contribution in [0.3, 0.4) is 0 Å². The third-order valence-corrected chi connectivity index (χ3v) is 3.10. The molecule has 0 unspecified atom stereocenters. The third kappa shape index (κ3) is 1.81. The van der Waals surface area contributed by atoms with Crippen molar-refractivity contribution in [3.63, 3.8) is 0 Å². The zero-order valence-corrected chi connectivity index (χ0v) is 10.9. The highest BCUT2D eigenvalue weighted by Gasteiger charge is 2.11. The summed E-state index contributed by atoms with van der Waals surface area (Å²) in [6.45, 7) is 6.43. The van der Waals surface area contributed by atoms with Crippen LogP contribution in [0.15, 0.2) is 18.2 Å². The molecule has 1 aromatic carbocycles. The van der Waals surface area contributed by atoms with Gasteiger partial charge in [-0.1, -0.05) is 27.6 Å². The molecule has 0 radical (unpaired) electrons. The van der Waals surface area contributed by atoms with E-state index in [1.807, 2.05) is 0 Å². The highest BCUT2D eigenvalue weighted by Crippen LogP contribution is 2.24. The van der Waals surface area contributed by atoms with Gasteiger partial charge in [0.1, 0.15) is 0 Å². The molecule has 2 rings (SSSR count). The fourth-order valence-electron chi connectivity index (χ4n) is 1.83. The van der Waals surface area contributed by atoms with E-state index in [2.05, 4.69) is 64.7 Å². The number of hydrogen-bond acceptors (Lipinski definition) is 1. The maximum atomic E-state index is 4.61. The maximum Gasteiger partial charge on any atom is 0.0926 e. The molecule has 15 heavy (non-hydrogen) atoms. The minimum atomic E-state index is 0.408. The summed E-state index contributed by atoms with van der Waals surface area (Å²) in [6, 6.07) is 6.82. The predicted octanol–water partition coefficient (Wildman–Crippen LogP) is 3.82. The van der Waals surface area contributed by atoms with Crippen molar-refractivity contribution in [3.05, 3.63) is 29.5 Å². The average molecular weight is 267 g/mol. The van der Waals surface area contributed by atoms with Crippen molar-refractivity contribution in [2.45, 2.75) is 32.1 Å². The van der Waals surface area contributed by atoms with Crippen molar-refractivity contribution in [2.75, 3.05) is 0 Å². The van der Waals surface area contributed by atoms with Crippen LogP contribution in [-0.2, 0) is 5.33 Å². The molecular formula is C12H15BrN2. The van der Waals surface area contributed by atoms with Gasteiger partial charge in [-0.05, 0) is 32.9 Å². The van der Waals surface area contributed by atoms with E-state index in [0.29, 0.717) is 6.04 Å². The molecular weight excluding hydrogens is 252 g/mol. The molecule has 3 heteroatoms. The lowest BCUT2D eigenvalue weighted by Crippen LogP contribution is -2.05. The minimum absolute atomic E-state index is 0.408. The first-order valence-electron chi connectivity index (χ1n) is 5.17. The molecule has 0 aliphatic rings. The van der Waals surface area contributed by atoms with Gasteiger partial charge in [0.05, 0.1) is 11.2 Å². The fraction of sp³-hybridized carbons (Fsp3) is 0.417. The van der Waals surface area contributed by atoms with Crippen LogP contribution in [0.25, 0.3) is 10.9 Å². The Morgan fingerprint density at radius 1 is 1.40 bits per heavy atom. The third-order valence-electron chi connectivity index (χ3n) is 2.57. The molecule has 0 atom stereocenters. The predicted molar refractivity (Wildman–Crippen MR) is 67.5 cm³/mol. The molecule has 1 heterocycles. The number of aromatic nitrogens is 2. The van der Waals surface area contributed by atoms with Crippen molar-refractivity contribution in [2.24, 2.45) is 0 Å².